The molecular formula is C23H22N4O2. The van der Waals surface area contributed by atoms with Crippen molar-refractivity contribution in [2.75, 3.05) is 0 Å². The van der Waals surface area contributed by atoms with E-state index in [1.165, 1.54) is 6.33 Å². The number of aryl methyl sites for hydroxylation is 1. The second kappa shape index (κ2) is 8.67. The van der Waals surface area contributed by atoms with Crippen LogP contribution in [0.4, 0.5) is 0 Å². The summed E-state index contributed by atoms with van der Waals surface area (Å²) < 4.78 is 5.71. The molecule has 4 aromatic rings. The smallest absolute Gasteiger partial charge is 0.216 e. The molecule has 2 aromatic heterocycles. The van der Waals surface area contributed by atoms with Gasteiger partial charge < -0.3 is 15.5 Å². The van der Waals surface area contributed by atoms with E-state index < -0.39 is 0 Å². The Kier molecular flexibility index (Phi) is 5.63. The molecule has 0 amide bonds. The maximum Gasteiger partial charge on any atom is 0.216 e. The van der Waals surface area contributed by atoms with E-state index in [1.54, 1.807) is 6.07 Å². The molecular weight excluding hydrogens is 364 g/mol. The van der Waals surface area contributed by atoms with E-state index in [-0.39, 0.29) is 5.78 Å². The summed E-state index contributed by atoms with van der Waals surface area (Å²) >= 11 is 0. The van der Waals surface area contributed by atoms with Gasteiger partial charge >= 0.3 is 0 Å². The van der Waals surface area contributed by atoms with Crippen molar-refractivity contribution in [1.82, 2.24) is 15.0 Å². The third-order valence-electron chi connectivity index (χ3n) is 4.75. The molecule has 4 rings (SSSR count). The molecule has 29 heavy (non-hydrogen) atoms. The van der Waals surface area contributed by atoms with E-state index in [1.807, 2.05) is 42.5 Å². The van der Waals surface area contributed by atoms with Crippen LogP contribution < -0.4 is 10.5 Å². The van der Waals surface area contributed by atoms with Crippen molar-refractivity contribution in [3.05, 3.63) is 89.5 Å². The van der Waals surface area contributed by atoms with Crippen molar-refractivity contribution < 1.29 is 9.53 Å². The van der Waals surface area contributed by atoms with E-state index >= 15 is 0 Å². The Balaban J connectivity index is 1.37. The number of nitrogens with one attached hydrogen (secondary N) is 1. The molecule has 3 N–H and O–H groups in total. The fourth-order valence-corrected chi connectivity index (χ4v) is 3.22. The molecule has 6 heteroatoms. The quantitative estimate of drug-likeness (QED) is 0.449. The number of H-pyrrole nitrogens is 1. The molecule has 0 saturated heterocycles. The Morgan fingerprint density at radius 2 is 1.93 bits per heavy atom. The number of aromatic nitrogens is 3. The Bertz CT molecular complexity index is 1100. The molecule has 0 aliphatic rings. The minimum absolute atomic E-state index is 0.109. The number of nitrogens with two attached hydrogens (primary N) is 1. The second-order valence-corrected chi connectivity index (χ2v) is 6.85. The Hall–Kier alpha value is -3.51. The maximum atomic E-state index is 12.7. The number of rotatable bonds is 8. The summed E-state index contributed by atoms with van der Waals surface area (Å²) in [5.41, 5.74) is 10.1. The van der Waals surface area contributed by atoms with Gasteiger partial charge in [-0.2, -0.15) is 0 Å². The second-order valence-electron chi connectivity index (χ2n) is 6.85. The zero-order chi connectivity index (χ0) is 20.1. The first kappa shape index (κ1) is 18.8. The number of nitrogens with zero attached hydrogens (tertiary/aromatic N) is 2. The predicted octanol–water partition coefficient (Wildman–Crippen LogP) is 3.81. The van der Waals surface area contributed by atoms with Gasteiger partial charge in [-0.15, -0.1) is 0 Å². The van der Waals surface area contributed by atoms with Gasteiger partial charge in [-0.25, -0.2) is 9.97 Å². The molecule has 2 aromatic carbocycles. The molecule has 0 aliphatic carbocycles. The van der Waals surface area contributed by atoms with Gasteiger partial charge in [-0.05, 0) is 35.6 Å². The number of benzene rings is 2. The summed E-state index contributed by atoms with van der Waals surface area (Å²) in [5, 5.41) is 1.16. The molecule has 2 heterocycles. The summed E-state index contributed by atoms with van der Waals surface area (Å²) in [6.45, 7) is 0.656. The molecule has 0 fully saturated rings. The first-order chi connectivity index (χ1) is 14.2. The van der Waals surface area contributed by atoms with Crippen molar-refractivity contribution >= 4 is 16.7 Å². The minimum atomic E-state index is 0.109. The van der Waals surface area contributed by atoms with Crippen molar-refractivity contribution in [1.29, 1.82) is 0 Å². The summed E-state index contributed by atoms with van der Waals surface area (Å²) in [5.74, 6) is 0.578. The van der Waals surface area contributed by atoms with Crippen molar-refractivity contribution in [3.63, 3.8) is 0 Å². The molecule has 0 radical (unpaired) electrons. The number of ether oxygens (including phenoxy) is 1. The van der Waals surface area contributed by atoms with Gasteiger partial charge in [0.05, 0.1) is 5.69 Å². The van der Waals surface area contributed by atoms with Crippen LogP contribution in [0.2, 0.25) is 0 Å². The molecule has 6 nitrogen and oxygen atoms in total. The van der Waals surface area contributed by atoms with Gasteiger partial charge in [-0.3, -0.25) is 4.79 Å². The van der Waals surface area contributed by atoms with Crippen molar-refractivity contribution in [3.8, 4) is 5.88 Å². The molecule has 0 aliphatic heterocycles. The van der Waals surface area contributed by atoms with Crippen LogP contribution in [0.5, 0.6) is 5.88 Å². The van der Waals surface area contributed by atoms with Crippen LogP contribution in [0.1, 0.15) is 33.7 Å². The van der Waals surface area contributed by atoms with Gasteiger partial charge in [0.15, 0.2) is 5.78 Å². The van der Waals surface area contributed by atoms with Crippen LogP contribution in [-0.4, -0.2) is 20.7 Å². The molecule has 0 unspecified atom stereocenters. The highest BCUT2D eigenvalue weighted by Crippen LogP contribution is 2.17. The fraction of sp³-hybridized carbons (Fsp3) is 0.174. The van der Waals surface area contributed by atoms with E-state index in [9.17, 15) is 4.79 Å². The van der Waals surface area contributed by atoms with Gasteiger partial charge in [0, 0.05) is 35.8 Å². The van der Waals surface area contributed by atoms with E-state index in [2.05, 4.69) is 27.1 Å². The van der Waals surface area contributed by atoms with Crippen LogP contribution in [-0.2, 0) is 19.6 Å². The predicted molar refractivity (Wildman–Crippen MR) is 112 cm³/mol. The number of hydrogen-bond donors (Lipinski definition) is 2. The fourth-order valence-electron chi connectivity index (χ4n) is 3.22. The highest BCUT2D eigenvalue weighted by atomic mass is 16.5. The van der Waals surface area contributed by atoms with Crippen LogP contribution in [0.15, 0.2) is 67.0 Å². The maximum absolute atomic E-state index is 12.7. The average molecular weight is 386 g/mol. The molecule has 0 spiro atoms. The third kappa shape index (κ3) is 4.67. The van der Waals surface area contributed by atoms with Crippen LogP contribution in [0.3, 0.4) is 0 Å². The summed E-state index contributed by atoms with van der Waals surface area (Å²) in [6, 6.07) is 19.5. The van der Waals surface area contributed by atoms with Gasteiger partial charge in [0.25, 0.3) is 0 Å². The molecule has 0 atom stereocenters. The summed E-state index contributed by atoms with van der Waals surface area (Å²) in [4.78, 5) is 24.2. The lowest BCUT2D eigenvalue weighted by atomic mass is 10.0. The van der Waals surface area contributed by atoms with E-state index in [4.69, 9.17) is 10.5 Å². The summed E-state index contributed by atoms with van der Waals surface area (Å²) in [6.07, 6.45) is 2.56. The summed E-state index contributed by atoms with van der Waals surface area (Å²) in [7, 11) is 0. The number of aromatic amines is 1. The van der Waals surface area contributed by atoms with Gasteiger partial charge in [0.2, 0.25) is 5.88 Å². The third-order valence-corrected chi connectivity index (χ3v) is 4.75. The standard InChI is InChI=1S/C23H22N4O2/c24-13-20-12-23(26-15-25-20)29-14-16-4-3-6-18(10-16)22(28)9-8-19-11-17-5-1-2-7-21(17)27-19/h1-7,10-12,15,27H,8-9,13-14,24H2. The zero-order valence-corrected chi connectivity index (χ0v) is 16.0. The molecule has 146 valence electrons. The number of hydrogen-bond acceptors (Lipinski definition) is 5. The van der Waals surface area contributed by atoms with E-state index in [0.29, 0.717) is 37.4 Å². The number of fused-ring (bicyclic) bond motifs is 1. The van der Waals surface area contributed by atoms with Crippen LogP contribution >= 0.6 is 0 Å². The lowest BCUT2D eigenvalue weighted by molar-refractivity contribution is 0.0982. The SMILES string of the molecule is NCc1cc(OCc2cccc(C(=O)CCc3cc4ccccc4[nH]3)c2)ncn1. The number of para-hydroxylation sites is 1. The molecule has 0 bridgehead atoms. The topological polar surface area (TPSA) is 93.9 Å². The molecule has 0 saturated carbocycles. The normalized spacial score (nSPS) is 10.9. The lowest BCUT2D eigenvalue weighted by Gasteiger charge is -2.07. The van der Waals surface area contributed by atoms with Gasteiger partial charge in [0.1, 0.15) is 12.9 Å². The first-order valence-corrected chi connectivity index (χ1v) is 9.54. The zero-order valence-electron chi connectivity index (χ0n) is 16.0. The number of Topliss-reactive ketones (excluding diaryl/α,β-unsaturated/α-hetero) is 1. The van der Waals surface area contributed by atoms with E-state index in [0.717, 1.165) is 27.9 Å². The number of carbonyl (C=O) groups is 1. The highest BCUT2D eigenvalue weighted by molar-refractivity contribution is 5.96. The van der Waals surface area contributed by atoms with Crippen molar-refractivity contribution in [2.24, 2.45) is 5.73 Å². The number of carbonyl (C=O) groups excluding carboxylic acids is 1. The number of ketones is 1. The Morgan fingerprint density at radius 1 is 1.03 bits per heavy atom. The average Bonchev–Trinajstić information content (AvgIpc) is 3.19. The minimum Gasteiger partial charge on any atom is -0.473 e. The highest BCUT2D eigenvalue weighted by Gasteiger charge is 2.09. The van der Waals surface area contributed by atoms with Crippen molar-refractivity contribution in [2.45, 2.75) is 26.0 Å². The van der Waals surface area contributed by atoms with Gasteiger partial charge in [-0.1, -0.05) is 36.4 Å². The Labute approximate surface area is 168 Å². The Morgan fingerprint density at radius 3 is 2.79 bits per heavy atom. The largest absolute Gasteiger partial charge is 0.473 e. The van der Waals surface area contributed by atoms with Crippen LogP contribution in [0, 0.1) is 0 Å². The monoisotopic (exact) mass is 386 g/mol. The van der Waals surface area contributed by atoms with Crippen LogP contribution in [0.25, 0.3) is 10.9 Å². The lowest BCUT2D eigenvalue weighted by Crippen LogP contribution is -2.05. The first-order valence-electron chi connectivity index (χ1n) is 9.54.